The van der Waals surface area contributed by atoms with Gasteiger partial charge in [0, 0.05) is 25.2 Å². The predicted molar refractivity (Wildman–Crippen MR) is 110 cm³/mol. The summed E-state index contributed by atoms with van der Waals surface area (Å²) in [6.07, 6.45) is 0.0940. The van der Waals surface area contributed by atoms with Crippen molar-refractivity contribution in [2.24, 2.45) is 0 Å². The minimum absolute atomic E-state index is 0.0257. The monoisotopic (exact) mass is 419 g/mol. The molecule has 156 valence electrons. The molecule has 0 radical (unpaired) electrons. The third-order valence-corrected chi connectivity index (χ3v) is 6.68. The van der Waals surface area contributed by atoms with Gasteiger partial charge in [-0.15, -0.1) is 0 Å². The summed E-state index contributed by atoms with van der Waals surface area (Å²) in [5, 5.41) is 13.5. The number of nitrogens with one attached hydrogen (secondary N) is 1. The van der Waals surface area contributed by atoms with E-state index in [-0.39, 0.29) is 29.0 Å². The molecule has 1 N–H and O–H groups in total. The molecule has 1 amide bonds. The lowest BCUT2D eigenvalue weighted by Gasteiger charge is -2.19. The normalized spacial score (nSPS) is 12.6. The number of nitrogens with zero attached hydrogens (tertiary/aromatic N) is 2. The van der Waals surface area contributed by atoms with Gasteiger partial charge in [-0.2, -0.15) is 4.31 Å². The molecule has 29 heavy (non-hydrogen) atoms. The van der Waals surface area contributed by atoms with Crippen LogP contribution in [-0.2, 0) is 21.2 Å². The van der Waals surface area contributed by atoms with Gasteiger partial charge in [0.2, 0.25) is 15.9 Å². The van der Waals surface area contributed by atoms with Crippen LogP contribution in [0.25, 0.3) is 0 Å². The molecule has 0 saturated heterocycles. The van der Waals surface area contributed by atoms with Gasteiger partial charge in [-0.1, -0.05) is 38.1 Å². The molecule has 0 unspecified atom stereocenters. The third-order valence-electron chi connectivity index (χ3n) is 4.61. The standard InChI is InChI=1S/C20H25N3O5S/c1-4-22(5-2)29(27,28)19-12-8-17(9-13-19)15(3)21-20(24)14-16-6-10-18(11-7-16)23(25)26/h6-13,15H,4-5,14H2,1-3H3,(H,21,24)/t15-/m0/s1. The van der Waals surface area contributed by atoms with Crippen LogP contribution in [0.3, 0.4) is 0 Å². The largest absolute Gasteiger partial charge is 0.349 e. The maximum atomic E-state index is 12.5. The van der Waals surface area contributed by atoms with Crippen LogP contribution in [0.2, 0.25) is 0 Å². The fourth-order valence-electron chi connectivity index (χ4n) is 2.94. The van der Waals surface area contributed by atoms with Gasteiger partial charge in [-0.25, -0.2) is 8.42 Å². The van der Waals surface area contributed by atoms with Crippen molar-refractivity contribution in [2.45, 2.75) is 38.1 Å². The Kier molecular flexibility index (Phi) is 7.46. The Hall–Kier alpha value is -2.78. The van der Waals surface area contributed by atoms with Crippen LogP contribution in [0.4, 0.5) is 5.69 Å². The number of sulfonamides is 1. The average Bonchev–Trinajstić information content (AvgIpc) is 2.69. The van der Waals surface area contributed by atoms with E-state index in [9.17, 15) is 23.3 Å². The summed E-state index contributed by atoms with van der Waals surface area (Å²) < 4.78 is 26.5. The molecule has 0 saturated carbocycles. The van der Waals surface area contributed by atoms with Gasteiger partial charge in [0.15, 0.2) is 0 Å². The highest BCUT2D eigenvalue weighted by Crippen LogP contribution is 2.20. The molecule has 9 heteroatoms. The van der Waals surface area contributed by atoms with Crippen LogP contribution >= 0.6 is 0 Å². The molecule has 0 heterocycles. The maximum absolute atomic E-state index is 12.5. The maximum Gasteiger partial charge on any atom is 0.269 e. The minimum Gasteiger partial charge on any atom is -0.349 e. The van der Waals surface area contributed by atoms with E-state index in [1.807, 2.05) is 6.92 Å². The van der Waals surface area contributed by atoms with Gasteiger partial charge < -0.3 is 5.32 Å². The number of benzene rings is 2. The van der Waals surface area contributed by atoms with Gasteiger partial charge in [0.25, 0.3) is 5.69 Å². The second-order valence-corrected chi connectivity index (χ2v) is 8.49. The van der Waals surface area contributed by atoms with Gasteiger partial charge in [0.05, 0.1) is 22.3 Å². The number of carbonyl (C=O) groups excluding carboxylic acids is 1. The second kappa shape index (κ2) is 9.62. The zero-order valence-corrected chi connectivity index (χ0v) is 17.5. The van der Waals surface area contributed by atoms with Crippen molar-refractivity contribution in [2.75, 3.05) is 13.1 Å². The number of hydrogen-bond donors (Lipinski definition) is 1. The molecule has 0 bridgehead atoms. The molecule has 8 nitrogen and oxygen atoms in total. The smallest absolute Gasteiger partial charge is 0.269 e. The zero-order valence-electron chi connectivity index (χ0n) is 16.7. The predicted octanol–water partition coefficient (Wildman–Crippen LogP) is 3.05. The highest BCUT2D eigenvalue weighted by molar-refractivity contribution is 7.89. The molecule has 0 spiro atoms. The Labute approximate surface area is 170 Å². The molecule has 0 aliphatic carbocycles. The third kappa shape index (κ3) is 5.61. The van der Waals surface area contributed by atoms with Crippen LogP contribution in [0, 0.1) is 10.1 Å². The van der Waals surface area contributed by atoms with E-state index in [1.54, 1.807) is 50.2 Å². The summed E-state index contributed by atoms with van der Waals surface area (Å²) in [4.78, 5) is 22.7. The van der Waals surface area contributed by atoms with Crippen molar-refractivity contribution >= 4 is 21.6 Å². The lowest BCUT2D eigenvalue weighted by atomic mass is 10.1. The number of amides is 1. The summed E-state index contributed by atoms with van der Waals surface area (Å²) in [6.45, 7) is 6.18. The van der Waals surface area contributed by atoms with Gasteiger partial charge in [-0.05, 0) is 30.2 Å². The molecular formula is C20H25N3O5S. The summed E-state index contributed by atoms with van der Waals surface area (Å²) in [6, 6.07) is 12.0. The molecule has 0 aliphatic rings. The van der Waals surface area contributed by atoms with Crippen molar-refractivity contribution in [3.8, 4) is 0 Å². The Balaban J connectivity index is 2.02. The summed E-state index contributed by atoms with van der Waals surface area (Å²) in [7, 11) is -3.52. The summed E-state index contributed by atoms with van der Waals surface area (Å²) in [5.41, 5.74) is 1.42. The SMILES string of the molecule is CCN(CC)S(=O)(=O)c1ccc([C@H](C)NC(=O)Cc2ccc([N+](=O)[O-])cc2)cc1. The van der Waals surface area contributed by atoms with Crippen molar-refractivity contribution in [3.05, 3.63) is 69.8 Å². The van der Waals surface area contributed by atoms with E-state index in [0.29, 0.717) is 18.7 Å². The Morgan fingerprint density at radius 3 is 2.10 bits per heavy atom. The van der Waals surface area contributed by atoms with Crippen molar-refractivity contribution in [1.82, 2.24) is 9.62 Å². The first-order valence-electron chi connectivity index (χ1n) is 9.31. The molecule has 2 aromatic rings. The minimum atomic E-state index is -3.52. The molecule has 1 atom stereocenters. The quantitative estimate of drug-likeness (QED) is 0.496. The number of carbonyl (C=O) groups is 1. The zero-order chi connectivity index (χ0) is 21.6. The Bertz CT molecular complexity index is 953. The van der Waals surface area contributed by atoms with E-state index >= 15 is 0 Å². The molecule has 2 aromatic carbocycles. The lowest BCUT2D eigenvalue weighted by Crippen LogP contribution is -2.30. The van der Waals surface area contributed by atoms with Gasteiger partial charge in [0.1, 0.15) is 0 Å². The molecule has 0 aromatic heterocycles. The highest BCUT2D eigenvalue weighted by atomic mass is 32.2. The number of nitro groups is 1. The van der Waals surface area contributed by atoms with Crippen LogP contribution in [0.5, 0.6) is 0 Å². The average molecular weight is 420 g/mol. The Morgan fingerprint density at radius 1 is 1.07 bits per heavy atom. The Morgan fingerprint density at radius 2 is 1.62 bits per heavy atom. The van der Waals surface area contributed by atoms with Crippen molar-refractivity contribution < 1.29 is 18.1 Å². The van der Waals surface area contributed by atoms with E-state index in [0.717, 1.165) is 5.56 Å². The van der Waals surface area contributed by atoms with E-state index in [4.69, 9.17) is 0 Å². The fourth-order valence-corrected chi connectivity index (χ4v) is 4.40. The van der Waals surface area contributed by atoms with E-state index < -0.39 is 14.9 Å². The first-order chi connectivity index (χ1) is 13.7. The van der Waals surface area contributed by atoms with Gasteiger partial charge >= 0.3 is 0 Å². The van der Waals surface area contributed by atoms with E-state index in [2.05, 4.69) is 5.32 Å². The molecule has 2 rings (SSSR count). The topological polar surface area (TPSA) is 110 Å². The summed E-state index contributed by atoms with van der Waals surface area (Å²) >= 11 is 0. The molecule has 0 aliphatic heterocycles. The van der Waals surface area contributed by atoms with Crippen LogP contribution in [-0.4, -0.2) is 36.6 Å². The van der Waals surface area contributed by atoms with Gasteiger partial charge in [-0.3, -0.25) is 14.9 Å². The van der Waals surface area contributed by atoms with Crippen molar-refractivity contribution in [3.63, 3.8) is 0 Å². The number of non-ortho nitro benzene ring substituents is 1. The lowest BCUT2D eigenvalue weighted by molar-refractivity contribution is -0.384. The molecule has 0 fully saturated rings. The fraction of sp³-hybridized carbons (Fsp3) is 0.350. The molecular weight excluding hydrogens is 394 g/mol. The van der Waals surface area contributed by atoms with Crippen LogP contribution < -0.4 is 5.32 Å². The number of hydrogen-bond acceptors (Lipinski definition) is 5. The number of rotatable bonds is 9. The first-order valence-corrected chi connectivity index (χ1v) is 10.8. The second-order valence-electron chi connectivity index (χ2n) is 6.55. The highest BCUT2D eigenvalue weighted by Gasteiger charge is 2.21. The summed E-state index contributed by atoms with van der Waals surface area (Å²) in [5.74, 6) is -0.230. The number of nitro benzene ring substituents is 1. The first kappa shape index (κ1) is 22.5. The van der Waals surface area contributed by atoms with E-state index in [1.165, 1.54) is 16.4 Å². The van der Waals surface area contributed by atoms with Crippen LogP contribution in [0.15, 0.2) is 53.4 Å². The van der Waals surface area contributed by atoms with Crippen LogP contribution in [0.1, 0.15) is 37.9 Å². The van der Waals surface area contributed by atoms with Crippen molar-refractivity contribution in [1.29, 1.82) is 0 Å².